The molecule has 0 aliphatic carbocycles. The van der Waals surface area contributed by atoms with Crippen LogP contribution in [0.1, 0.15) is 19.0 Å². The molecular weight excluding hydrogens is 385 g/mol. The standard InChI is InChI=1S/C13H22N5O8P/c1-6(14)11-15-5-18(16-11)12-10(20)9(19)8(26-12)4-25-27(22,23)17-7(2)13(21)24-3/h5,7-10,12,19-20H,1,4,14H2,2-3H3,(H2,17,22,23)/t7-,8+,9+,10+,12+/m0/s1. The van der Waals surface area contributed by atoms with E-state index in [0.717, 1.165) is 11.8 Å². The second-order valence-electron chi connectivity index (χ2n) is 5.81. The third-order valence-electron chi connectivity index (χ3n) is 3.72. The molecule has 0 amide bonds. The molecule has 0 spiro atoms. The van der Waals surface area contributed by atoms with Gasteiger partial charge >= 0.3 is 13.7 Å². The quantitative estimate of drug-likeness (QED) is 0.238. The Morgan fingerprint density at radius 2 is 2.22 bits per heavy atom. The molecule has 0 radical (unpaired) electrons. The lowest BCUT2D eigenvalue weighted by atomic mass is 10.1. The normalized spacial score (nSPS) is 28.5. The van der Waals surface area contributed by atoms with E-state index >= 15 is 0 Å². The van der Waals surface area contributed by atoms with Gasteiger partial charge in [-0.15, -0.1) is 5.10 Å². The summed E-state index contributed by atoms with van der Waals surface area (Å²) in [6.07, 6.45) is -3.86. The average Bonchev–Trinajstić information content (AvgIpc) is 3.19. The number of ether oxygens (including phenoxy) is 2. The second-order valence-corrected chi connectivity index (χ2v) is 7.37. The molecule has 0 bridgehead atoms. The summed E-state index contributed by atoms with van der Waals surface area (Å²) in [5.74, 6) is -0.634. The van der Waals surface area contributed by atoms with Gasteiger partial charge < -0.3 is 30.3 Å². The summed E-state index contributed by atoms with van der Waals surface area (Å²) in [6.45, 7) is 4.25. The lowest BCUT2D eigenvalue weighted by Crippen LogP contribution is -2.36. The summed E-state index contributed by atoms with van der Waals surface area (Å²) >= 11 is 0. The molecule has 0 saturated carbocycles. The average molecular weight is 407 g/mol. The highest BCUT2D eigenvalue weighted by Crippen LogP contribution is 2.39. The van der Waals surface area contributed by atoms with E-state index < -0.39 is 50.9 Å². The molecule has 1 aliphatic heterocycles. The Balaban J connectivity index is 1.98. The number of carbonyl (C=O) groups is 1. The van der Waals surface area contributed by atoms with Crippen molar-refractivity contribution in [2.24, 2.45) is 5.73 Å². The highest BCUT2D eigenvalue weighted by Gasteiger charge is 2.45. The van der Waals surface area contributed by atoms with E-state index in [4.69, 9.17) is 15.0 Å². The first-order valence-electron chi connectivity index (χ1n) is 7.76. The lowest BCUT2D eigenvalue weighted by molar-refractivity contribution is -0.142. The molecule has 1 saturated heterocycles. The maximum Gasteiger partial charge on any atom is 0.403 e. The molecule has 1 fully saturated rings. The maximum absolute atomic E-state index is 12.0. The Morgan fingerprint density at radius 1 is 1.56 bits per heavy atom. The summed E-state index contributed by atoms with van der Waals surface area (Å²) in [6, 6.07) is -1.10. The summed E-state index contributed by atoms with van der Waals surface area (Å²) in [4.78, 5) is 24.9. The van der Waals surface area contributed by atoms with Crippen molar-refractivity contribution in [2.45, 2.75) is 37.5 Å². The van der Waals surface area contributed by atoms with Gasteiger partial charge in [0.1, 0.15) is 30.7 Å². The van der Waals surface area contributed by atoms with Gasteiger partial charge in [-0.3, -0.25) is 9.32 Å². The Bertz CT molecular complexity index is 742. The fourth-order valence-electron chi connectivity index (χ4n) is 2.32. The Morgan fingerprint density at radius 3 is 2.78 bits per heavy atom. The molecule has 2 rings (SSSR count). The highest BCUT2D eigenvalue weighted by molar-refractivity contribution is 7.50. The van der Waals surface area contributed by atoms with Crippen molar-refractivity contribution < 1.29 is 38.5 Å². The molecule has 6 N–H and O–H groups in total. The monoisotopic (exact) mass is 407 g/mol. The summed E-state index contributed by atoms with van der Waals surface area (Å²) < 4.78 is 27.8. The predicted octanol–water partition coefficient (Wildman–Crippen LogP) is -1.91. The van der Waals surface area contributed by atoms with Crippen molar-refractivity contribution in [1.82, 2.24) is 19.9 Å². The molecular formula is C13H22N5O8P. The fraction of sp³-hybridized carbons (Fsp3) is 0.615. The number of aliphatic hydroxyl groups is 2. The first-order chi connectivity index (χ1) is 12.6. The van der Waals surface area contributed by atoms with Crippen molar-refractivity contribution in [3.8, 4) is 0 Å². The van der Waals surface area contributed by atoms with E-state index in [2.05, 4.69) is 26.5 Å². The zero-order chi connectivity index (χ0) is 20.4. The van der Waals surface area contributed by atoms with E-state index in [1.54, 1.807) is 0 Å². The van der Waals surface area contributed by atoms with Crippen molar-refractivity contribution in [2.75, 3.05) is 13.7 Å². The topological polar surface area (TPSA) is 191 Å². The van der Waals surface area contributed by atoms with Crippen LogP contribution in [-0.4, -0.2) is 73.9 Å². The molecule has 1 aromatic rings. The van der Waals surface area contributed by atoms with Crippen LogP contribution in [0.3, 0.4) is 0 Å². The zero-order valence-corrected chi connectivity index (χ0v) is 15.5. The zero-order valence-electron chi connectivity index (χ0n) is 14.6. The van der Waals surface area contributed by atoms with Gasteiger partial charge in [-0.25, -0.2) is 19.3 Å². The summed E-state index contributed by atoms with van der Waals surface area (Å²) in [5.41, 5.74) is 5.58. The van der Waals surface area contributed by atoms with E-state index in [-0.39, 0.29) is 11.5 Å². The molecule has 1 unspecified atom stereocenters. The van der Waals surface area contributed by atoms with Crippen LogP contribution >= 0.6 is 7.75 Å². The SMILES string of the molecule is C=C(N)c1ncn([C@@H]2O[C@H](COP(=O)(O)N[C@@H](C)C(=O)OC)[C@@H](O)[C@H]2O)n1. The molecule has 1 aliphatic rings. The molecule has 2 heterocycles. The Labute approximate surface area is 154 Å². The van der Waals surface area contributed by atoms with Gasteiger partial charge in [-0.2, -0.15) is 0 Å². The smallest absolute Gasteiger partial charge is 0.403 e. The third-order valence-corrected chi connectivity index (χ3v) is 4.93. The van der Waals surface area contributed by atoms with Crippen molar-refractivity contribution >= 4 is 19.4 Å². The van der Waals surface area contributed by atoms with Gasteiger partial charge in [0.15, 0.2) is 12.1 Å². The fourth-order valence-corrected chi connectivity index (χ4v) is 3.33. The van der Waals surface area contributed by atoms with Gasteiger partial charge in [0, 0.05) is 0 Å². The van der Waals surface area contributed by atoms with Crippen molar-refractivity contribution in [1.29, 1.82) is 0 Å². The highest BCUT2D eigenvalue weighted by atomic mass is 31.2. The van der Waals surface area contributed by atoms with Gasteiger partial charge in [-0.05, 0) is 6.92 Å². The first-order valence-corrected chi connectivity index (χ1v) is 9.34. The Hall–Kier alpha value is -1.86. The Kier molecular flexibility index (Phi) is 6.70. The van der Waals surface area contributed by atoms with E-state index in [1.165, 1.54) is 13.3 Å². The molecule has 13 nitrogen and oxygen atoms in total. The van der Waals surface area contributed by atoms with Crippen LogP contribution < -0.4 is 10.8 Å². The number of hydrogen-bond acceptors (Lipinski definition) is 10. The summed E-state index contributed by atoms with van der Waals surface area (Å²) in [5, 5.41) is 26.3. The number of aromatic nitrogens is 3. The lowest BCUT2D eigenvalue weighted by Gasteiger charge is -2.20. The van der Waals surface area contributed by atoms with Crippen LogP contribution in [0.2, 0.25) is 0 Å². The van der Waals surface area contributed by atoms with Crippen molar-refractivity contribution in [3.63, 3.8) is 0 Å². The van der Waals surface area contributed by atoms with E-state index in [0.29, 0.717) is 0 Å². The van der Waals surface area contributed by atoms with Crippen LogP contribution in [0.15, 0.2) is 12.9 Å². The third kappa shape index (κ3) is 5.11. The van der Waals surface area contributed by atoms with Gasteiger partial charge in [0.2, 0.25) is 0 Å². The summed E-state index contributed by atoms with van der Waals surface area (Å²) in [7, 11) is -3.27. The number of nitrogens with zero attached hydrogens (tertiary/aromatic N) is 3. The van der Waals surface area contributed by atoms with Crippen LogP contribution in [0.4, 0.5) is 0 Å². The molecule has 1 aromatic heterocycles. The number of aliphatic hydroxyl groups excluding tert-OH is 2. The molecule has 14 heteroatoms. The number of rotatable bonds is 8. The molecule has 27 heavy (non-hydrogen) atoms. The molecule has 0 aromatic carbocycles. The van der Waals surface area contributed by atoms with Crippen LogP contribution in [0, 0.1) is 0 Å². The number of carbonyl (C=O) groups excluding carboxylic acids is 1. The number of methoxy groups -OCH3 is 1. The van der Waals surface area contributed by atoms with E-state index in [9.17, 15) is 24.5 Å². The largest absolute Gasteiger partial charge is 0.468 e. The molecule has 6 atom stereocenters. The molecule has 152 valence electrons. The van der Waals surface area contributed by atoms with Gasteiger partial charge in [0.05, 0.1) is 19.4 Å². The minimum absolute atomic E-state index is 0.105. The number of hydrogen-bond donors (Lipinski definition) is 5. The van der Waals surface area contributed by atoms with Crippen LogP contribution in [-0.2, 0) is 23.4 Å². The van der Waals surface area contributed by atoms with Gasteiger partial charge in [0.25, 0.3) is 0 Å². The second kappa shape index (κ2) is 8.44. The number of esters is 1. The van der Waals surface area contributed by atoms with Crippen LogP contribution in [0.25, 0.3) is 5.70 Å². The van der Waals surface area contributed by atoms with Crippen molar-refractivity contribution in [3.05, 3.63) is 18.7 Å². The number of nitrogens with two attached hydrogens (primary N) is 1. The first kappa shape index (κ1) is 21.4. The van der Waals surface area contributed by atoms with E-state index in [1.807, 2.05) is 0 Å². The van der Waals surface area contributed by atoms with Crippen LogP contribution in [0.5, 0.6) is 0 Å². The maximum atomic E-state index is 12.0. The minimum atomic E-state index is -4.40. The predicted molar refractivity (Wildman–Crippen MR) is 89.6 cm³/mol. The minimum Gasteiger partial charge on any atom is -0.468 e. The number of nitrogens with one attached hydrogen (secondary N) is 1. The van der Waals surface area contributed by atoms with Gasteiger partial charge in [-0.1, -0.05) is 6.58 Å².